The summed E-state index contributed by atoms with van der Waals surface area (Å²) in [5.41, 5.74) is 2.83. The van der Waals surface area contributed by atoms with Crippen LogP contribution in [0.15, 0.2) is 18.2 Å². The highest BCUT2D eigenvalue weighted by molar-refractivity contribution is 5.77. The number of rotatable bonds is 1. The van der Waals surface area contributed by atoms with Crippen molar-refractivity contribution in [3.8, 4) is 0 Å². The van der Waals surface area contributed by atoms with Crippen molar-refractivity contribution >= 4 is 16.7 Å². The Morgan fingerprint density at radius 1 is 1.36 bits per heavy atom. The van der Waals surface area contributed by atoms with E-state index in [4.69, 9.17) is 0 Å². The Morgan fingerprint density at radius 2 is 2.18 bits per heavy atom. The zero-order valence-electron chi connectivity index (χ0n) is 6.13. The summed E-state index contributed by atoms with van der Waals surface area (Å²) in [6.45, 7) is 0. The summed E-state index contributed by atoms with van der Waals surface area (Å²) >= 11 is 0. The molecule has 2 rings (SSSR count). The van der Waals surface area contributed by atoms with Crippen molar-refractivity contribution in [1.82, 2.24) is 15.4 Å². The van der Waals surface area contributed by atoms with E-state index in [9.17, 15) is 0 Å². The second kappa shape index (κ2) is 2.23. The SMILES string of the molecule is CNc1ccc2n[nH]nc2c1.[HH]. The van der Waals surface area contributed by atoms with Crippen LogP contribution < -0.4 is 5.32 Å². The molecule has 0 saturated heterocycles. The minimum Gasteiger partial charge on any atom is -0.388 e. The molecule has 0 spiro atoms. The van der Waals surface area contributed by atoms with E-state index in [1.165, 1.54) is 0 Å². The second-order valence-electron chi connectivity index (χ2n) is 2.28. The highest BCUT2D eigenvalue weighted by Crippen LogP contribution is 2.13. The van der Waals surface area contributed by atoms with Gasteiger partial charge in [0.05, 0.1) is 0 Å². The van der Waals surface area contributed by atoms with Crippen LogP contribution in [0, 0.1) is 0 Å². The Hall–Kier alpha value is -1.58. The Kier molecular flexibility index (Phi) is 1.25. The van der Waals surface area contributed by atoms with Crippen molar-refractivity contribution in [3.05, 3.63) is 18.2 Å². The van der Waals surface area contributed by atoms with E-state index in [0.29, 0.717) is 0 Å². The van der Waals surface area contributed by atoms with Gasteiger partial charge in [-0.3, -0.25) is 0 Å². The Bertz CT molecular complexity index is 370. The third-order valence-corrected chi connectivity index (χ3v) is 1.60. The van der Waals surface area contributed by atoms with Gasteiger partial charge in [0.15, 0.2) is 0 Å². The topological polar surface area (TPSA) is 53.6 Å². The maximum atomic E-state index is 3.95. The molecular weight excluding hydrogens is 140 g/mol. The molecule has 1 heterocycles. The molecule has 58 valence electrons. The van der Waals surface area contributed by atoms with Gasteiger partial charge < -0.3 is 5.32 Å². The summed E-state index contributed by atoms with van der Waals surface area (Å²) in [7, 11) is 1.88. The smallest absolute Gasteiger partial charge is 0.115 e. The first kappa shape index (κ1) is 6.15. The lowest BCUT2D eigenvalue weighted by Crippen LogP contribution is -1.86. The van der Waals surface area contributed by atoms with Crippen LogP contribution in [0.25, 0.3) is 11.0 Å². The zero-order valence-corrected chi connectivity index (χ0v) is 6.13. The number of benzene rings is 1. The Labute approximate surface area is 65.1 Å². The second-order valence-corrected chi connectivity index (χ2v) is 2.28. The van der Waals surface area contributed by atoms with Crippen LogP contribution in [-0.2, 0) is 0 Å². The molecule has 0 atom stereocenters. The van der Waals surface area contributed by atoms with Gasteiger partial charge in [-0.2, -0.15) is 15.4 Å². The van der Waals surface area contributed by atoms with Crippen LogP contribution in [0.3, 0.4) is 0 Å². The van der Waals surface area contributed by atoms with Crippen LogP contribution >= 0.6 is 0 Å². The van der Waals surface area contributed by atoms with E-state index >= 15 is 0 Å². The molecule has 11 heavy (non-hydrogen) atoms. The molecule has 0 radical (unpaired) electrons. The van der Waals surface area contributed by atoms with E-state index in [-0.39, 0.29) is 1.43 Å². The molecule has 1 aromatic heterocycles. The highest BCUT2D eigenvalue weighted by atomic mass is 15.3. The minimum absolute atomic E-state index is 0. The normalized spacial score (nSPS) is 10.3. The summed E-state index contributed by atoms with van der Waals surface area (Å²) in [6.07, 6.45) is 0. The Morgan fingerprint density at radius 3 is 3.00 bits per heavy atom. The molecule has 4 heteroatoms. The number of aromatic nitrogens is 3. The fourth-order valence-corrected chi connectivity index (χ4v) is 0.996. The van der Waals surface area contributed by atoms with Crippen LogP contribution in [-0.4, -0.2) is 22.5 Å². The van der Waals surface area contributed by atoms with Gasteiger partial charge in [0.1, 0.15) is 11.0 Å². The summed E-state index contributed by atoms with van der Waals surface area (Å²) in [5.74, 6) is 0. The highest BCUT2D eigenvalue weighted by Gasteiger charge is 1.96. The average molecular weight is 150 g/mol. The molecule has 0 aliphatic carbocycles. The summed E-state index contributed by atoms with van der Waals surface area (Å²) in [5, 5.41) is 13.5. The number of nitrogens with zero attached hydrogens (tertiary/aromatic N) is 2. The van der Waals surface area contributed by atoms with Crippen molar-refractivity contribution in [3.63, 3.8) is 0 Å². The van der Waals surface area contributed by atoms with E-state index < -0.39 is 0 Å². The molecule has 0 amide bonds. The van der Waals surface area contributed by atoms with Crippen LogP contribution in [0.4, 0.5) is 5.69 Å². The standard InChI is InChI=1S/C7H8N4.H2/c1-8-5-2-3-6-7(4-5)10-11-9-6;/h2-4,8H,1H3,(H,9,10,11);1H. The van der Waals surface area contributed by atoms with Crippen molar-refractivity contribution in [1.29, 1.82) is 0 Å². The van der Waals surface area contributed by atoms with Gasteiger partial charge in [0.25, 0.3) is 0 Å². The monoisotopic (exact) mass is 150 g/mol. The number of hydrogen-bond acceptors (Lipinski definition) is 3. The fourth-order valence-electron chi connectivity index (χ4n) is 0.996. The van der Waals surface area contributed by atoms with Gasteiger partial charge in [-0.1, -0.05) is 0 Å². The quantitative estimate of drug-likeness (QED) is 0.643. The molecule has 0 fully saturated rings. The molecule has 0 bridgehead atoms. The first-order valence-corrected chi connectivity index (χ1v) is 3.38. The third-order valence-electron chi connectivity index (χ3n) is 1.60. The first-order chi connectivity index (χ1) is 5.40. The Balaban J connectivity index is 0.000000720. The molecule has 0 saturated carbocycles. The first-order valence-electron chi connectivity index (χ1n) is 3.38. The number of H-pyrrole nitrogens is 1. The number of aromatic amines is 1. The van der Waals surface area contributed by atoms with Gasteiger partial charge in [-0.05, 0) is 18.2 Å². The molecule has 0 aliphatic heterocycles. The fraction of sp³-hybridized carbons (Fsp3) is 0.143. The zero-order chi connectivity index (χ0) is 7.68. The number of fused-ring (bicyclic) bond motifs is 1. The molecule has 2 N–H and O–H groups in total. The lowest BCUT2D eigenvalue weighted by Gasteiger charge is -1.95. The van der Waals surface area contributed by atoms with Gasteiger partial charge in [-0.15, -0.1) is 0 Å². The molecule has 2 aromatic rings. The van der Waals surface area contributed by atoms with Gasteiger partial charge in [0.2, 0.25) is 0 Å². The summed E-state index contributed by atoms with van der Waals surface area (Å²) in [6, 6.07) is 5.83. The average Bonchev–Trinajstić information content (AvgIpc) is 2.50. The van der Waals surface area contributed by atoms with Gasteiger partial charge in [0, 0.05) is 14.2 Å². The number of anilines is 1. The van der Waals surface area contributed by atoms with Gasteiger partial charge >= 0.3 is 0 Å². The number of nitrogens with one attached hydrogen (secondary N) is 2. The lowest BCUT2D eigenvalue weighted by molar-refractivity contribution is 0.959. The summed E-state index contributed by atoms with van der Waals surface area (Å²) in [4.78, 5) is 0. The van der Waals surface area contributed by atoms with Crippen molar-refractivity contribution in [2.24, 2.45) is 0 Å². The third kappa shape index (κ3) is 0.920. The predicted octanol–water partition coefficient (Wildman–Crippen LogP) is 1.25. The molecule has 4 nitrogen and oxygen atoms in total. The minimum atomic E-state index is 0. The van der Waals surface area contributed by atoms with Crippen LogP contribution in [0.1, 0.15) is 1.43 Å². The van der Waals surface area contributed by atoms with Crippen molar-refractivity contribution in [2.45, 2.75) is 0 Å². The molecule has 0 unspecified atom stereocenters. The summed E-state index contributed by atoms with van der Waals surface area (Å²) < 4.78 is 0. The van der Waals surface area contributed by atoms with Gasteiger partial charge in [-0.25, -0.2) is 0 Å². The van der Waals surface area contributed by atoms with E-state index in [2.05, 4.69) is 20.7 Å². The molecule has 1 aromatic carbocycles. The maximum Gasteiger partial charge on any atom is 0.115 e. The van der Waals surface area contributed by atoms with E-state index in [0.717, 1.165) is 16.7 Å². The maximum absolute atomic E-state index is 3.95. The molecular formula is C7H10N4. The largest absolute Gasteiger partial charge is 0.388 e. The number of hydrogen-bond donors (Lipinski definition) is 2. The van der Waals surface area contributed by atoms with Crippen LogP contribution in [0.2, 0.25) is 0 Å². The van der Waals surface area contributed by atoms with Crippen LogP contribution in [0.5, 0.6) is 0 Å². The van der Waals surface area contributed by atoms with E-state index in [1.54, 1.807) is 0 Å². The lowest BCUT2D eigenvalue weighted by atomic mass is 10.3. The van der Waals surface area contributed by atoms with E-state index in [1.807, 2.05) is 25.2 Å². The predicted molar refractivity (Wildman–Crippen MR) is 45.5 cm³/mol. The van der Waals surface area contributed by atoms with Crippen molar-refractivity contribution in [2.75, 3.05) is 12.4 Å². The molecule has 0 aliphatic rings. The van der Waals surface area contributed by atoms with Crippen molar-refractivity contribution < 1.29 is 1.43 Å².